The lowest BCUT2D eigenvalue weighted by molar-refractivity contribution is -0.148. The van der Waals surface area contributed by atoms with Crippen LogP contribution in [0.5, 0.6) is 0 Å². The van der Waals surface area contributed by atoms with Crippen LogP contribution in [0.2, 0.25) is 0 Å². The monoisotopic (exact) mass is 333 g/mol. The molecule has 1 aliphatic heterocycles. The highest BCUT2D eigenvalue weighted by molar-refractivity contribution is 7.91. The van der Waals surface area contributed by atoms with Crippen LogP contribution in [0.1, 0.15) is 27.2 Å². The zero-order valence-electron chi connectivity index (χ0n) is 14.0. The van der Waals surface area contributed by atoms with Crippen molar-refractivity contribution in [2.75, 3.05) is 38.7 Å². The molecule has 1 unspecified atom stereocenters. The third-order valence-electron chi connectivity index (χ3n) is 3.38. The maximum Gasteiger partial charge on any atom is 0.312 e. The molecule has 0 aromatic carbocycles. The molecule has 1 heterocycles. The molecule has 128 valence electrons. The fraction of sp³-hybridized carbons (Fsp3) is 0.857. The van der Waals surface area contributed by atoms with Crippen LogP contribution in [-0.2, 0) is 19.4 Å². The standard InChI is InChI=1S/C14H27N3O4S/c1-14(2,3)15-12(18)13(19)17(8-7-16(4)5)11-6-9-22(20,21)10-11/h11H,6-10H2,1-5H3,(H,15,18). The highest BCUT2D eigenvalue weighted by Crippen LogP contribution is 2.18. The molecule has 0 radical (unpaired) electrons. The lowest BCUT2D eigenvalue weighted by atomic mass is 10.1. The van der Waals surface area contributed by atoms with Gasteiger partial charge in [-0.2, -0.15) is 0 Å². The Labute approximate surface area is 132 Å². The maximum atomic E-state index is 12.4. The van der Waals surface area contributed by atoms with Gasteiger partial charge in [0.2, 0.25) is 0 Å². The van der Waals surface area contributed by atoms with Gasteiger partial charge in [-0.25, -0.2) is 8.42 Å². The normalized spacial score (nSPS) is 20.9. The summed E-state index contributed by atoms with van der Waals surface area (Å²) in [5, 5.41) is 2.64. The smallest absolute Gasteiger partial charge is 0.312 e. The summed E-state index contributed by atoms with van der Waals surface area (Å²) in [6.07, 6.45) is 0.393. The second kappa shape index (κ2) is 6.95. The molecule has 22 heavy (non-hydrogen) atoms. The van der Waals surface area contributed by atoms with Crippen molar-refractivity contribution in [3.05, 3.63) is 0 Å². The van der Waals surface area contributed by atoms with E-state index in [9.17, 15) is 18.0 Å². The van der Waals surface area contributed by atoms with Gasteiger partial charge in [-0.1, -0.05) is 0 Å². The van der Waals surface area contributed by atoms with Gasteiger partial charge in [-0.15, -0.1) is 0 Å². The van der Waals surface area contributed by atoms with Crippen LogP contribution in [0, 0.1) is 0 Å². The Morgan fingerprint density at radius 3 is 2.18 bits per heavy atom. The van der Waals surface area contributed by atoms with Gasteiger partial charge >= 0.3 is 11.8 Å². The summed E-state index contributed by atoms with van der Waals surface area (Å²) in [5.74, 6) is -1.33. The van der Waals surface area contributed by atoms with Crippen molar-refractivity contribution in [1.29, 1.82) is 0 Å². The molecule has 1 saturated heterocycles. The predicted octanol–water partition coefficient (Wildman–Crippen LogP) is -0.522. The lowest BCUT2D eigenvalue weighted by Gasteiger charge is -2.30. The molecule has 1 atom stereocenters. The first-order chi connectivity index (χ1) is 9.91. The van der Waals surface area contributed by atoms with Crippen LogP contribution in [0.25, 0.3) is 0 Å². The Kier molecular flexibility index (Phi) is 5.97. The molecule has 0 aromatic heterocycles. The second-order valence-corrected chi connectivity index (χ2v) is 9.29. The number of rotatable bonds is 4. The number of carbonyl (C=O) groups excluding carboxylic acids is 2. The number of nitrogens with one attached hydrogen (secondary N) is 1. The molecule has 1 N–H and O–H groups in total. The topological polar surface area (TPSA) is 86.8 Å². The first kappa shape index (κ1) is 18.9. The Bertz CT molecular complexity index is 523. The first-order valence-electron chi connectivity index (χ1n) is 7.39. The predicted molar refractivity (Wildman–Crippen MR) is 85.2 cm³/mol. The van der Waals surface area contributed by atoms with Crippen LogP contribution in [-0.4, -0.2) is 80.3 Å². The lowest BCUT2D eigenvalue weighted by Crippen LogP contribution is -2.53. The fourth-order valence-corrected chi connectivity index (χ4v) is 4.03. The molecular weight excluding hydrogens is 306 g/mol. The van der Waals surface area contributed by atoms with Crippen molar-refractivity contribution in [2.45, 2.75) is 38.8 Å². The van der Waals surface area contributed by atoms with Gasteiger partial charge in [-0.3, -0.25) is 9.59 Å². The van der Waals surface area contributed by atoms with Gasteiger partial charge in [0.05, 0.1) is 11.5 Å². The van der Waals surface area contributed by atoms with Crippen molar-refractivity contribution in [3.8, 4) is 0 Å². The van der Waals surface area contributed by atoms with Crippen molar-refractivity contribution in [2.24, 2.45) is 0 Å². The molecule has 1 fully saturated rings. The Morgan fingerprint density at radius 1 is 1.18 bits per heavy atom. The summed E-state index contributed by atoms with van der Waals surface area (Å²) in [7, 11) is 0.616. The zero-order chi connectivity index (χ0) is 17.1. The molecule has 2 amide bonds. The quantitative estimate of drug-likeness (QED) is 0.700. The van der Waals surface area contributed by atoms with E-state index >= 15 is 0 Å². The highest BCUT2D eigenvalue weighted by atomic mass is 32.2. The zero-order valence-corrected chi connectivity index (χ0v) is 14.9. The number of sulfone groups is 1. The van der Waals surface area contributed by atoms with Crippen molar-refractivity contribution >= 4 is 21.7 Å². The number of nitrogens with zero attached hydrogens (tertiary/aromatic N) is 2. The minimum Gasteiger partial charge on any atom is -0.343 e. The van der Waals surface area contributed by atoms with Gasteiger partial charge in [0.1, 0.15) is 0 Å². The summed E-state index contributed by atoms with van der Waals surface area (Å²) in [6, 6.07) is -0.414. The van der Waals surface area contributed by atoms with Gasteiger partial charge in [0.15, 0.2) is 9.84 Å². The number of amides is 2. The Balaban J connectivity index is 2.85. The molecule has 0 aliphatic carbocycles. The number of hydrogen-bond acceptors (Lipinski definition) is 5. The SMILES string of the molecule is CN(C)CCN(C(=O)C(=O)NC(C)(C)C)C1CCS(=O)(=O)C1. The van der Waals surface area contributed by atoms with Gasteiger partial charge in [0, 0.05) is 24.7 Å². The van der Waals surface area contributed by atoms with Crippen LogP contribution >= 0.6 is 0 Å². The van der Waals surface area contributed by atoms with E-state index in [1.165, 1.54) is 4.90 Å². The van der Waals surface area contributed by atoms with E-state index in [4.69, 9.17) is 0 Å². The highest BCUT2D eigenvalue weighted by Gasteiger charge is 2.37. The molecule has 8 heteroatoms. The molecule has 1 rings (SSSR count). The Morgan fingerprint density at radius 2 is 1.77 bits per heavy atom. The van der Waals surface area contributed by atoms with Crippen molar-refractivity contribution in [3.63, 3.8) is 0 Å². The van der Waals surface area contributed by atoms with Gasteiger partial charge in [-0.05, 0) is 41.3 Å². The van der Waals surface area contributed by atoms with Crippen molar-refractivity contribution < 1.29 is 18.0 Å². The number of likely N-dealkylation sites (N-methyl/N-ethyl adjacent to an activating group) is 1. The molecule has 0 saturated carbocycles. The largest absolute Gasteiger partial charge is 0.343 e. The van der Waals surface area contributed by atoms with E-state index in [0.29, 0.717) is 19.5 Å². The molecule has 1 aliphatic rings. The van der Waals surface area contributed by atoms with Crippen LogP contribution in [0.3, 0.4) is 0 Å². The average molecular weight is 333 g/mol. The molecule has 0 spiro atoms. The summed E-state index contributed by atoms with van der Waals surface area (Å²) < 4.78 is 23.3. The van der Waals surface area contributed by atoms with E-state index < -0.39 is 33.2 Å². The molecule has 0 aromatic rings. The van der Waals surface area contributed by atoms with E-state index in [1.54, 1.807) is 20.8 Å². The van der Waals surface area contributed by atoms with Gasteiger partial charge in [0.25, 0.3) is 0 Å². The Hall–Kier alpha value is -1.15. The third-order valence-corrected chi connectivity index (χ3v) is 5.13. The van der Waals surface area contributed by atoms with E-state index in [2.05, 4.69) is 5.32 Å². The molecule has 7 nitrogen and oxygen atoms in total. The van der Waals surface area contributed by atoms with E-state index in [0.717, 1.165) is 0 Å². The molecule has 0 bridgehead atoms. The first-order valence-corrected chi connectivity index (χ1v) is 9.22. The fourth-order valence-electron chi connectivity index (χ4n) is 2.30. The summed E-state index contributed by atoms with van der Waals surface area (Å²) in [6.45, 7) is 6.29. The average Bonchev–Trinajstić information content (AvgIpc) is 2.67. The van der Waals surface area contributed by atoms with Gasteiger partial charge < -0.3 is 15.1 Å². The van der Waals surface area contributed by atoms with E-state index in [-0.39, 0.29) is 11.5 Å². The minimum atomic E-state index is -3.11. The van der Waals surface area contributed by atoms with Crippen molar-refractivity contribution in [1.82, 2.24) is 15.1 Å². The summed E-state index contributed by atoms with van der Waals surface area (Å²) in [5.41, 5.74) is -0.512. The maximum absolute atomic E-state index is 12.4. The number of hydrogen-bond donors (Lipinski definition) is 1. The van der Waals surface area contributed by atoms with Crippen LogP contribution < -0.4 is 5.32 Å². The second-order valence-electron chi connectivity index (χ2n) is 7.06. The summed E-state index contributed by atoms with van der Waals surface area (Å²) >= 11 is 0. The van der Waals surface area contributed by atoms with Crippen LogP contribution in [0.4, 0.5) is 0 Å². The summed E-state index contributed by atoms with van der Waals surface area (Å²) in [4.78, 5) is 27.8. The number of carbonyl (C=O) groups is 2. The minimum absolute atomic E-state index is 0.0605. The van der Waals surface area contributed by atoms with Crippen LogP contribution in [0.15, 0.2) is 0 Å². The van der Waals surface area contributed by atoms with E-state index in [1.807, 2.05) is 19.0 Å². The molecular formula is C14H27N3O4S. The third kappa shape index (κ3) is 5.92.